The van der Waals surface area contributed by atoms with Gasteiger partial charge in [-0.25, -0.2) is 9.67 Å². The number of nitriles is 1. The summed E-state index contributed by atoms with van der Waals surface area (Å²) >= 11 is 0. The van der Waals surface area contributed by atoms with Crippen molar-refractivity contribution in [2.45, 2.75) is 26.8 Å². The number of aromatic amines is 1. The predicted molar refractivity (Wildman–Crippen MR) is 102 cm³/mol. The van der Waals surface area contributed by atoms with Gasteiger partial charge in [-0.1, -0.05) is 6.07 Å². The van der Waals surface area contributed by atoms with Crippen molar-refractivity contribution < 1.29 is 4.79 Å². The summed E-state index contributed by atoms with van der Waals surface area (Å²) in [4.78, 5) is 29.0. The third-order valence-corrected chi connectivity index (χ3v) is 4.08. The molecule has 1 aromatic carbocycles. The van der Waals surface area contributed by atoms with Crippen molar-refractivity contribution in [3.05, 3.63) is 69.8 Å². The molecule has 2 aromatic heterocycles. The number of aryl methyl sites for hydroxylation is 1. The van der Waals surface area contributed by atoms with E-state index in [1.54, 1.807) is 36.5 Å². The van der Waals surface area contributed by atoms with Crippen LogP contribution in [0, 0.1) is 18.3 Å². The summed E-state index contributed by atoms with van der Waals surface area (Å²) in [5.74, 6) is 0.176. The Morgan fingerprint density at radius 1 is 1.26 bits per heavy atom. The number of nitrogens with zero attached hydrogens (tertiary/aromatic N) is 3. The van der Waals surface area contributed by atoms with E-state index in [0.29, 0.717) is 22.5 Å². The van der Waals surface area contributed by atoms with Crippen molar-refractivity contribution in [3.8, 4) is 23.0 Å². The van der Waals surface area contributed by atoms with E-state index in [1.165, 1.54) is 10.9 Å². The van der Waals surface area contributed by atoms with Crippen LogP contribution in [0.2, 0.25) is 0 Å². The van der Waals surface area contributed by atoms with E-state index >= 15 is 0 Å². The Bertz CT molecular complexity index is 1080. The Kier molecular flexibility index (Phi) is 4.90. The van der Waals surface area contributed by atoms with E-state index in [4.69, 9.17) is 5.26 Å². The number of H-pyrrole nitrogens is 1. The van der Waals surface area contributed by atoms with E-state index in [2.05, 4.69) is 21.5 Å². The summed E-state index contributed by atoms with van der Waals surface area (Å²) in [6, 6.07) is 10.5. The molecule has 0 saturated carbocycles. The number of benzene rings is 1. The normalized spacial score (nSPS) is 10.6. The van der Waals surface area contributed by atoms with Crippen LogP contribution < -0.4 is 10.9 Å². The van der Waals surface area contributed by atoms with Gasteiger partial charge >= 0.3 is 0 Å². The van der Waals surface area contributed by atoms with Crippen molar-refractivity contribution in [1.82, 2.24) is 20.1 Å². The minimum atomic E-state index is -0.255. The number of amides is 1. The molecule has 0 fully saturated rings. The van der Waals surface area contributed by atoms with E-state index in [9.17, 15) is 9.59 Å². The molecule has 136 valence electrons. The lowest BCUT2D eigenvalue weighted by Crippen LogP contribution is -2.30. The van der Waals surface area contributed by atoms with Crippen molar-refractivity contribution in [1.29, 1.82) is 5.26 Å². The van der Waals surface area contributed by atoms with Crippen LogP contribution in [-0.2, 0) is 0 Å². The molecular formula is C20H19N5O2. The van der Waals surface area contributed by atoms with Crippen LogP contribution >= 0.6 is 0 Å². The fraction of sp³-hybridized carbons (Fsp3) is 0.200. The van der Waals surface area contributed by atoms with Gasteiger partial charge in [-0.2, -0.15) is 5.26 Å². The first kappa shape index (κ1) is 18.1. The van der Waals surface area contributed by atoms with Crippen LogP contribution in [0.3, 0.4) is 0 Å². The number of hydrogen-bond acceptors (Lipinski definition) is 4. The fourth-order valence-electron chi connectivity index (χ4n) is 2.77. The number of carbonyl (C=O) groups excluding carboxylic acids is 1. The molecule has 1 amide bonds. The first-order valence-corrected chi connectivity index (χ1v) is 8.49. The van der Waals surface area contributed by atoms with Crippen molar-refractivity contribution in [2.24, 2.45) is 0 Å². The molecule has 0 bridgehead atoms. The first-order valence-electron chi connectivity index (χ1n) is 8.49. The molecule has 0 aliphatic carbocycles. The third-order valence-electron chi connectivity index (χ3n) is 4.08. The number of rotatable bonds is 4. The van der Waals surface area contributed by atoms with Gasteiger partial charge < -0.3 is 5.32 Å². The lowest BCUT2D eigenvalue weighted by molar-refractivity contribution is 0.0943. The Hall–Kier alpha value is -3.66. The molecule has 0 aliphatic heterocycles. The molecule has 7 heteroatoms. The van der Waals surface area contributed by atoms with Gasteiger partial charge in [0.25, 0.3) is 11.5 Å². The molecule has 7 nitrogen and oxygen atoms in total. The number of carbonyl (C=O) groups is 1. The molecule has 2 N–H and O–H groups in total. The number of nitrogens with one attached hydrogen (secondary N) is 2. The van der Waals surface area contributed by atoms with Crippen LogP contribution in [0.15, 0.2) is 47.5 Å². The number of pyridine rings is 1. The Labute approximate surface area is 156 Å². The average Bonchev–Trinajstić information content (AvgIpc) is 3.02. The third kappa shape index (κ3) is 3.65. The predicted octanol–water partition coefficient (Wildman–Crippen LogP) is 2.55. The van der Waals surface area contributed by atoms with Gasteiger partial charge in [0.2, 0.25) is 0 Å². The quantitative estimate of drug-likeness (QED) is 0.745. The SMILES string of the molecule is Cc1cc(C#N)ccc1-c1c[nH]n(-c2ccc(C(=O)NC(C)C)cn2)c1=O. The average molecular weight is 361 g/mol. The maximum Gasteiger partial charge on any atom is 0.280 e. The van der Waals surface area contributed by atoms with Crippen molar-refractivity contribution in [2.75, 3.05) is 0 Å². The smallest absolute Gasteiger partial charge is 0.280 e. The highest BCUT2D eigenvalue weighted by Crippen LogP contribution is 2.21. The number of hydrogen-bond donors (Lipinski definition) is 2. The standard InChI is InChI=1S/C20H19N5O2/c1-12(2)24-19(26)15-5-7-18(22-10-15)25-20(27)17(11-23-25)16-6-4-14(9-21)8-13(16)3/h4-8,10-12,23H,1-3H3,(H,24,26). The zero-order valence-electron chi connectivity index (χ0n) is 15.3. The molecule has 27 heavy (non-hydrogen) atoms. The van der Waals surface area contributed by atoms with Gasteiger partial charge in [-0.05, 0) is 56.2 Å². The maximum atomic E-state index is 12.8. The molecule has 3 aromatic rings. The Balaban J connectivity index is 1.93. The second-order valence-electron chi connectivity index (χ2n) is 6.50. The van der Waals surface area contributed by atoms with Crippen molar-refractivity contribution >= 4 is 5.91 Å². The summed E-state index contributed by atoms with van der Waals surface area (Å²) < 4.78 is 1.32. The lowest BCUT2D eigenvalue weighted by Gasteiger charge is -2.08. The first-order chi connectivity index (χ1) is 12.9. The summed E-state index contributed by atoms with van der Waals surface area (Å²) in [7, 11) is 0. The molecule has 0 aliphatic rings. The van der Waals surface area contributed by atoms with Gasteiger partial charge in [0.15, 0.2) is 5.82 Å². The maximum absolute atomic E-state index is 12.8. The minimum absolute atomic E-state index is 0.0291. The second-order valence-corrected chi connectivity index (χ2v) is 6.50. The highest BCUT2D eigenvalue weighted by molar-refractivity contribution is 5.94. The van der Waals surface area contributed by atoms with Gasteiger partial charge in [0.1, 0.15) is 0 Å². The Morgan fingerprint density at radius 2 is 2.04 bits per heavy atom. The molecule has 0 atom stereocenters. The number of aromatic nitrogens is 3. The zero-order chi connectivity index (χ0) is 19.6. The second kappa shape index (κ2) is 7.30. The molecular weight excluding hydrogens is 342 g/mol. The van der Waals surface area contributed by atoms with Gasteiger partial charge in [0.05, 0.1) is 22.8 Å². The molecule has 0 unspecified atom stereocenters. The molecule has 0 saturated heterocycles. The van der Waals surface area contributed by atoms with E-state index < -0.39 is 0 Å². The highest BCUT2D eigenvalue weighted by Gasteiger charge is 2.14. The van der Waals surface area contributed by atoms with E-state index in [-0.39, 0.29) is 17.5 Å². The van der Waals surface area contributed by atoms with E-state index in [1.807, 2.05) is 20.8 Å². The van der Waals surface area contributed by atoms with Crippen LogP contribution in [0.4, 0.5) is 0 Å². The summed E-state index contributed by atoms with van der Waals surface area (Å²) in [5.41, 5.74) is 2.79. The molecule has 0 spiro atoms. The van der Waals surface area contributed by atoms with Crippen LogP contribution in [0.5, 0.6) is 0 Å². The molecule has 3 rings (SSSR count). The highest BCUT2D eigenvalue weighted by atomic mass is 16.2. The summed E-state index contributed by atoms with van der Waals surface area (Å²) in [6.07, 6.45) is 3.05. The fourth-order valence-corrected chi connectivity index (χ4v) is 2.77. The minimum Gasteiger partial charge on any atom is -0.350 e. The topological polar surface area (TPSA) is 104 Å². The van der Waals surface area contributed by atoms with Gasteiger partial charge in [0, 0.05) is 18.4 Å². The van der Waals surface area contributed by atoms with Crippen LogP contribution in [0.1, 0.15) is 35.3 Å². The van der Waals surface area contributed by atoms with E-state index in [0.717, 1.165) is 11.1 Å². The van der Waals surface area contributed by atoms with Crippen LogP contribution in [-0.4, -0.2) is 26.7 Å². The van der Waals surface area contributed by atoms with Gasteiger partial charge in [-0.15, -0.1) is 0 Å². The van der Waals surface area contributed by atoms with Crippen LogP contribution in [0.25, 0.3) is 16.9 Å². The van der Waals surface area contributed by atoms with Gasteiger partial charge in [-0.3, -0.25) is 14.7 Å². The summed E-state index contributed by atoms with van der Waals surface area (Å²) in [6.45, 7) is 5.61. The van der Waals surface area contributed by atoms with Crippen molar-refractivity contribution in [3.63, 3.8) is 0 Å². The Morgan fingerprint density at radius 3 is 2.63 bits per heavy atom. The monoisotopic (exact) mass is 361 g/mol. The lowest BCUT2D eigenvalue weighted by atomic mass is 10.0. The summed E-state index contributed by atoms with van der Waals surface area (Å²) in [5, 5.41) is 14.7. The molecule has 0 radical (unpaired) electrons. The largest absolute Gasteiger partial charge is 0.350 e. The molecule has 2 heterocycles. The zero-order valence-corrected chi connectivity index (χ0v) is 15.3.